The van der Waals surface area contributed by atoms with Crippen LogP contribution in [0.4, 0.5) is 11.4 Å². The topological polar surface area (TPSA) is 102 Å². The first kappa shape index (κ1) is 20.5. The molecule has 140 valence electrons. The molecule has 26 heavy (non-hydrogen) atoms. The molecule has 2 rings (SSSR count). The predicted octanol–water partition coefficient (Wildman–Crippen LogP) is 2.49. The molecule has 0 fully saturated rings. The Morgan fingerprint density at radius 3 is 2.27 bits per heavy atom. The molecule has 0 saturated carbocycles. The highest BCUT2D eigenvalue weighted by Gasteiger charge is 2.31. The van der Waals surface area contributed by atoms with Gasteiger partial charge in [-0.15, -0.1) is 0 Å². The molecule has 8 heteroatoms. The maximum absolute atomic E-state index is 12.6. The fraction of sp³-hybridized carbons (Fsp3) is 0.278. The summed E-state index contributed by atoms with van der Waals surface area (Å²) in [5.74, 6) is -0.579. The Balaban J connectivity index is 2.37. The largest absolute Gasteiger partial charge is 0.394 e. The molecule has 0 radical (unpaired) electrons. The fourth-order valence-electron chi connectivity index (χ4n) is 2.27. The minimum atomic E-state index is -1.52. The second-order valence-corrected chi connectivity index (χ2v) is 6.72. The molecule has 0 spiro atoms. The molecule has 6 nitrogen and oxygen atoms in total. The molecule has 2 aromatic carbocycles. The third-order valence-corrected chi connectivity index (χ3v) is 4.80. The molecule has 0 bridgehead atoms. The van der Waals surface area contributed by atoms with Crippen LogP contribution in [-0.2, 0) is 0 Å². The molecule has 0 heterocycles. The van der Waals surface area contributed by atoms with Crippen LogP contribution in [0.15, 0.2) is 36.4 Å². The van der Waals surface area contributed by atoms with Gasteiger partial charge in [0.1, 0.15) is 5.54 Å². The molecule has 0 aromatic heterocycles. The van der Waals surface area contributed by atoms with E-state index in [0.717, 1.165) is 5.56 Å². The van der Waals surface area contributed by atoms with Gasteiger partial charge in [0.2, 0.25) is 0 Å². The number of aryl methyl sites for hydroxylation is 1. The maximum Gasteiger partial charge on any atom is 0.254 e. The maximum atomic E-state index is 12.6. The van der Waals surface area contributed by atoms with E-state index in [4.69, 9.17) is 23.2 Å². The first-order valence-electron chi connectivity index (χ1n) is 7.83. The summed E-state index contributed by atoms with van der Waals surface area (Å²) in [6.07, 6.45) is 0. The van der Waals surface area contributed by atoms with Crippen LogP contribution in [0.25, 0.3) is 0 Å². The Kier molecular flexibility index (Phi) is 6.86. The Morgan fingerprint density at radius 2 is 1.65 bits per heavy atom. The summed E-state index contributed by atoms with van der Waals surface area (Å²) in [5, 5.41) is 34.5. The summed E-state index contributed by atoms with van der Waals surface area (Å²) in [5.41, 5.74) is 0.428. The van der Waals surface area contributed by atoms with E-state index in [9.17, 15) is 20.1 Å². The number of carbonyl (C=O) groups is 1. The Labute approximate surface area is 161 Å². The number of halogens is 2. The summed E-state index contributed by atoms with van der Waals surface area (Å²) >= 11 is 12.5. The minimum absolute atomic E-state index is 0.237. The molecule has 2 aromatic rings. The molecular formula is C18H20Cl2N2O4. The summed E-state index contributed by atoms with van der Waals surface area (Å²) < 4.78 is 0. The number of hydrogen-bond acceptors (Lipinski definition) is 5. The second kappa shape index (κ2) is 8.70. The highest BCUT2D eigenvalue weighted by molar-refractivity contribution is 6.39. The number of carbonyl (C=O) groups excluding carboxylic acids is 1. The average Bonchev–Trinajstić information content (AvgIpc) is 2.66. The molecule has 0 aliphatic carbocycles. The number of rotatable bonds is 7. The van der Waals surface area contributed by atoms with Crippen LogP contribution in [0.3, 0.4) is 0 Å². The summed E-state index contributed by atoms with van der Waals surface area (Å²) in [6, 6.07) is 10.1. The van der Waals surface area contributed by atoms with Crippen LogP contribution in [-0.4, -0.2) is 46.6 Å². The van der Waals surface area contributed by atoms with E-state index in [1.807, 2.05) is 6.92 Å². The van der Waals surface area contributed by atoms with Crippen molar-refractivity contribution in [3.63, 3.8) is 0 Å². The monoisotopic (exact) mass is 398 g/mol. The molecule has 0 atom stereocenters. The third-order valence-electron chi connectivity index (χ3n) is 4.00. The highest BCUT2D eigenvalue weighted by atomic mass is 35.5. The number of hydrogen-bond donors (Lipinski definition) is 5. The summed E-state index contributed by atoms with van der Waals surface area (Å²) in [4.78, 5) is 12.6. The van der Waals surface area contributed by atoms with E-state index in [-0.39, 0.29) is 5.56 Å². The normalized spacial score (nSPS) is 11.3. The van der Waals surface area contributed by atoms with E-state index in [2.05, 4.69) is 10.6 Å². The van der Waals surface area contributed by atoms with E-state index >= 15 is 0 Å². The zero-order valence-electron chi connectivity index (χ0n) is 14.1. The van der Waals surface area contributed by atoms with Gasteiger partial charge in [-0.3, -0.25) is 4.79 Å². The number of para-hydroxylation sites is 1. The molecule has 0 unspecified atom stereocenters. The van der Waals surface area contributed by atoms with Gasteiger partial charge in [0.05, 0.1) is 46.8 Å². The average molecular weight is 399 g/mol. The lowest BCUT2D eigenvalue weighted by molar-refractivity contribution is 0.0375. The van der Waals surface area contributed by atoms with Crippen molar-refractivity contribution in [2.75, 3.05) is 25.1 Å². The number of benzene rings is 2. The van der Waals surface area contributed by atoms with Gasteiger partial charge in [-0.2, -0.15) is 0 Å². The van der Waals surface area contributed by atoms with Gasteiger partial charge in [0, 0.05) is 0 Å². The minimum Gasteiger partial charge on any atom is -0.394 e. The van der Waals surface area contributed by atoms with Crippen molar-refractivity contribution in [2.24, 2.45) is 0 Å². The van der Waals surface area contributed by atoms with Gasteiger partial charge in [-0.1, -0.05) is 41.4 Å². The number of aliphatic hydroxyl groups is 3. The van der Waals surface area contributed by atoms with Crippen LogP contribution in [0.5, 0.6) is 0 Å². The van der Waals surface area contributed by atoms with Gasteiger partial charge in [0.25, 0.3) is 5.91 Å². The Hall–Kier alpha value is -1.83. The lowest BCUT2D eigenvalue weighted by atomic mass is 10.0. The van der Waals surface area contributed by atoms with Crippen LogP contribution < -0.4 is 10.6 Å². The van der Waals surface area contributed by atoms with Crippen molar-refractivity contribution in [3.05, 3.63) is 57.6 Å². The van der Waals surface area contributed by atoms with E-state index in [1.165, 1.54) is 0 Å². The van der Waals surface area contributed by atoms with Crippen LogP contribution in [0, 0.1) is 6.92 Å². The Morgan fingerprint density at radius 1 is 1.04 bits per heavy atom. The third kappa shape index (κ3) is 4.28. The van der Waals surface area contributed by atoms with Gasteiger partial charge >= 0.3 is 0 Å². The van der Waals surface area contributed by atoms with Crippen molar-refractivity contribution in [3.8, 4) is 0 Å². The van der Waals surface area contributed by atoms with E-state index in [0.29, 0.717) is 21.4 Å². The summed E-state index contributed by atoms with van der Waals surface area (Å²) in [7, 11) is 0. The number of nitrogens with one attached hydrogen (secondary N) is 2. The van der Waals surface area contributed by atoms with Gasteiger partial charge in [-0.05, 0) is 30.7 Å². The summed E-state index contributed by atoms with van der Waals surface area (Å²) in [6.45, 7) is -0.00876. The van der Waals surface area contributed by atoms with E-state index in [1.54, 1.807) is 36.4 Å². The fourth-order valence-corrected chi connectivity index (χ4v) is 2.74. The molecular weight excluding hydrogens is 379 g/mol. The zero-order chi connectivity index (χ0) is 19.3. The molecule has 0 aliphatic rings. The van der Waals surface area contributed by atoms with Crippen molar-refractivity contribution in [1.29, 1.82) is 0 Å². The standard InChI is InChI=1S/C18H20Cl2N2O4/c1-11-6-7-13(19)16(15(11)20)21-14-5-3-2-4-12(14)17(26)22-18(8-23,9-24)10-25/h2-7,21,23-25H,8-10H2,1H3,(H,22,26). The number of aliphatic hydroxyl groups excluding tert-OH is 3. The van der Waals surface area contributed by atoms with Gasteiger partial charge in [-0.25, -0.2) is 0 Å². The quantitative estimate of drug-likeness (QED) is 0.493. The number of amides is 1. The van der Waals surface area contributed by atoms with Crippen molar-refractivity contribution >= 4 is 40.5 Å². The predicted molar refractivity (Wildman–Crippen MR) is 102 cm³/mol. The highest BCUT2D eigenvalue weighted by Crippen LogP contribution is 2.35. The van der Waals surface area contributed by atoms with Crippen LogP contribution in [0.2, 0.25) is 10.0 Å². The molecule has 0 aliphatic heterocycles. The van der Waals surface area contributed by atoms with Crippen LogP contribution >= 0.6 is 23.2 Å². The first-order chi connectivity index (χ1) is 12.4. The van der Waals surface area contributed by atoms with Crippen molar-refractivity contribution < 1.29 is 20.1 Å². The number of anilines is 2. The molecule has 5 N–H and O–H groups in total. The lowest BCUT2D eigenvalue weighted by Crippen LogP contribution is -2.57. The van der Waals surface area contributed by atoms with E-state index < -0.39 is 31.3 Å². The van der Waals surface area contributed by atoms with Gasteiger partial charge in [0.15, 0.2) is 0 Å². The van der Waals surface area contributed by atoms with Gasteiger partial charge < -0.3 is 26.0 Å². The van der Waals surface area contributed by atoms with Crippen molar-refractivity contribution in [2.45, 2.75) is 12.5 Å². The smallest absolute Gasteiger partial charge is 0.254 e. The molecule has 0 saturated heterocycles. The SMILES string of the molecule is Cc1ccc(Cl)c(Nc2ccccc2C(=O)NC(CO)(CO)CO)c1Cl. The van der Waals surface area contributed by atoms with Crippen molar-refractivity contribution in [1.82, 2.24) is 5.32 Å². The Bertz CT molecular complexity index is 786. The lowest BCUT2D eigenvalue weighted by Gasteiger charge is -2.29. The van der Waals surface area contributed by atoms with Crippen LogP contribution in [0.1, 0.15) is 15.9 Å². The zero-order valence-corrected chi connectivity index (χ0v) is 15.6. The molecule has 1 amide bonds. The second-order valence-electron chi connectivity index (χ2n) is 5.93. The first-order valence-corrected chi connectivity index (χ1v) is 8.59.